The second-order valence-electron chi connectivity index (χ2n) is 5.38. The van der Waals surface area contributed by atoms with Crippen molar-refractivity contribution in [1.29, 1.82) is 0 Å². The fraction of sp³-hybridized carbons (Fsp3) is 0.533. The third-order valence-electron chi connectivity index (χ3n) is 4.06. The number of likely N-dealkylation sites (tertiary alicyclic amines) is 1. The predicted octanol–water partition coefficient (Wildman–Crippen LogP) is 2.52. The summed E-state index contributed by atoms with van der Waals surface area (Å²) in [5.74, 6) is 1.58. The minimum Gasteiger partial charge on any atom is -0.507 e. The number of benzene rings is 1. The van der Waals surface area contributed by atoms with Crippen LogP contribution < -0.4 is 4.74 Å². The summed E-state index contributed by atoms with van der Waals surface area (Å²) in [4.78, 5) is 14.2. The summed E-state index contributed by atoms with van der Waals surface area (Å²) >= 11 is 0. The Morgan fingerprint density at radius 2 is 2.11 bits per heavy atom. The maximum atomic E-state index is 12.4. The molecule has 19 heavy (non-hydrogen) atoms. The molecule has 1 amide bonds. The maximum absolute atomic E-state index is 12.4. The Bertz CT molecular complexity index is 472. The number of ether oxygens (including phenoxy) is 1. The first kappa shape index (κ1) is 13.7. The number of methoxy groups -OCH3 is 1. The number of hydrogen-bond acceptors (Lipinski definition) is 3. The first-order valence-corrected chi connectivity index (χ1v) is 6.69. The number of nitrogens with zero attached hydrogens (tertiary/aromatic N) is 1. The first-order valence-electron chi connectivity index (χ1n) is 6.69. The van der Waals surface area contributed by atoms with E-state index >= 15 is 0 Å². The summed E-state index contributed by atoms with van der Waals surface area (Å²) in [5, 5.41) is 9.91. The average molecular weight is 263 g/mol. The lowest BCUT2D eigenvalue weighted by Crippen LogP contribution is -2.42. The lowest BCUT2D eigenvalue weighted by molar-refractivity contribution is 0.0624. The van der Waals surface area contributed by atoms with Gasteiger partial charge in [0.1, 0.15) is 11.5 Å². The first-order chi connectivity index (χ1) is 9.02. The van der Waals surface area contributed by atoms with Gasteiger partial charge in [-0.15, -0.1) is 0 Å². The molecule has 1 saturated heterocycles. The van der Waals surface area contributed by atoms with Gasteiger partial charge < -0.3 is 14.7 Å². The zero-order chi connectivity index (χ0) is 14.0. The Morgan fingerprint density at radius 1 is 1.37 bits per heavy atom. The summed E-state index contributed by atoms with van der Waals surface area (Å²) in [7, 11) is 1.53. The Kier molecular flexibility index (Phi) is 3.98. The molecule has 2 rings (SSSR count). The van der Waals surface area contributed by atoms with Gasteiger partial charge >= 0.3 is 0 Å². The van der Waals surface area contributed by atoms with E-state index in [1.54, 1.807) is 12.1 Å². The van der Waals surface area contributed by atoms with Crippen molar-refractivity contribution in [3.05, 3.63) is 23.8 Å². The highest BCUT2D eigenvalue weighted by Crippen LogP contribution is 2.28. The number of amides is 1. The molecule has 1 heterocycles. The number of carbonyl (C=O) groups excluding carboxylic acids is 1. The lowest BCUT2D eigenvalue weighted by Gasteiger charge is -2.35. The van der Waals surface area contributed by atoms with Crippen LogP contribution in [0.2, 0.25) is 0 Å². The molecule has 1 aromatic carbocycles. The van der Waals surface area contributed by atoms with Crippen LogP contribution in [0.15, 0.2) is 18.2 Å². The fourth-order valence-electron chi connectivity index (χ4n) is 2.44. The topological polar surface area (TPSA) is 49.8 Å². The number of phenolic OH excluding ortho intramolecular Hbond substituents is 1. The van der Waals surface area contributed by atoms with Gasteiger partial charge in [0.15, 0.2) is 0 Å². The van der Waals surface area contributed by atoms with E-state index < -0.39 is 0 Å². The van der Waals surface area contributed by atoms with Crippen molar-refractivity contribution in [2.24, 2.45) is 11.8 Å². The summed E-state index contributed by atoms with van der Waals surface area (Å²) < 4.78 is 5.02. The molecule has 0 spiro atoms. The van der Waals surface area contributed by atoms with Crippen molar-refractivity contribution in [3.63, 3.8) is 0 Å². The highest BCUT2D eigenvalue weighted by molar-refractivity contribution is 5.97. The second-order valence-corrected chi connectivity index (χ2v) is 5.38. The molecule has 1 fully saturated rings. The van der Waals surface area contributed by atoms with Gasteiger partial charge in [-0.2, -0.15) is 0 Å². The van der Waals surface area contributed by atoms with Crippen LogP contribution in [-0.4, -0.2) is 36.1 Å². The average Bonchev–Trinajstić information content (AvgIpc) is 2.41. The highest BCUT2D eigenvalue weighted by Gasteiger charge is 2.27. The van der Waals surface area contributed by atoms with Crippen molar-refractivity contribution in [2.75, 3.05) is 20.2 Å². The zero-order valence-corrected chi connectivity index (χ0v) is 11.7. The Balaban J connectivity index is 2.16. The predicted molar refractivity (Wildman–Crippen MR) is 73.5 cm³/mol. The smallest absolute Gasteiger partial charge is 0.257 e. The minimum absolute atomic E-state index is 0.0179. The van der Waals surface area contributed by atoms with Gasteiger partial charge in [-0.3, -0.25) is 4.79 Å². The van der Waals surface area contributed by atoms with Crippen molar-refractivity contribution in [1.82, 2.24) is 4.90 Å². The quantitative estimate of drug-likeness (QED) is 0.892. The summed E-state index contributed by atoms with van der Waals surface area (Å²) in [6, 6.07) is 4.80. The van der Waals surface area contributed by atoms with Crippen LogP contribution >= 0.6 is 0 Å². The number of hydrogen-bond donors (Lipinski definition) is 1. The van der Waals surface area contributed by atoms with Crippen LogP contribution in [0.3, 0.4) is 0 Å². The highest BCUT2D eigenvalue weighted by atomic mass is 16.5. The van der Waals surface area contributed by atoms with Gasteiger partial charge in [0.25, 0.3) is 5.91 Å². The summed E-state index contributed by atoms with van der Waals surface area (Å²) in [5.41, 5.74) is 0.350. The monoisotopic (exact) mass is 263 g/mol. The van der Waals surface area contributed by atoms with Crippen molar-refractivity contribution in [2.45, 2.75) is 20.3 Å². The third kappa shape index (κ3) is 2.83. The van der Waals surface area contributed by atoms with Crippen LogP contribution in [0.25, 0.3) is 0 Å². The standard InChI is InChI=1S/C15H21NO3/c1-10-6-7-16(9-11(10)2)15(18)13-5-4-12(19-3)8-14(13)17/h4-5,8,10-11,17H,6-7,9H2,1-3H3. The summed E-state index contributed by atoms with van der Waals surface area (Å²) in [6.07, 6.45) is 1.02. The molecule has 0 aromatic heterocycles. The minimum atomic E-state index is -0.0982. The third-order valence-corrected chi connectivity index (χ3v) is 4.06. The number of piperidine rings is 1. The number of aromatic hydroxyl groups is 1. The van der Waals surface area contributed by atoms with E-state index in [2.05, 4.69) is 13.8 Å². The van der Waals surface area contributed by atoms with Crippen LogP contribution in [-0.2, 0) is 0 Å². The molecule has 0 radical (unpaired) electrons. The molecule has 1 N–H and O–H groups in total. The van der Waals surface area contributed by atoms with Gasteiger partial charge in [0, 0.05) is 19.2 Å². The molecule has 104 valence electrons. The molecule has 1 aliphatic heterocycles. The van der Waals surface area contributed by atoms with Crippen molar-refractivity contribution >= 4 is 5.91 Å². The van der Waals surface area contributed by atoms with Crippen LogP contribution in [0.1, 0.15) is 30.6 Å². The molecule has 1 aromatic rings. The maximum Gasteiger partial charge on any atom is 0.257 e. The van der Waals surface area contributed by atoms with Gasteiger partial charge in [-0.05, 0) is 30.4 Å². The fourth-order valence-corrected chi connectivity index (χ4v) is 2.44. The Labute approximate surface area is 114 Å². The molecule has 4 heteroatoms. The molecule has 0 aliphatic carbocycles. The van der Waals surface area contributed by atoms with Crippen molar-refractivity contribution < 1.29 is 14.6 Å². The number of carbonyl (C=O) groups is 1. The molecule has 1 aliphatic rings. The number of phenols is 1. The Hall–Kier alpha value is -1.71. The normalized spacial score (nSPS) is 23.2. The van der Waals surface area contributed by atoms with E-state index in [9.17, 15) is 9.90 Å². The van der Waals surface area contributed by atoms with E-state index in [1.807, 2.05) is 4.90 Å². The van der Waals surface area contributed by atoms with E-state index in [0.717, 1.165) is 19.5 Å². The van der Waals surface area contributed by atoms with E-state index in [-0.39, 0.29) is 11.7 Å². The molecule has 0 bridgehead atoms. The molecule has 4 nitrogen and oxygen atoms in total. The van der Waals surface area contributed by atoms with Crippen molar-refractivity contribution in [3.8, 4) is 11.5 Å². The molecular weight excluding hydrogens is 242 g/mol. The van der Waals surface area contributed by atoms with E-state index in [4.69, 9.17) is 4.74 Å². The van der Waals surface area contributed by atoms with Crippen LogP contribution in [0, 0.1) is 11.8 Å². The molecule has 2 unspecified atom stereocenters. The van der Waals surface area contributed by atoms with Gasteiger partial charge in [0.05, 0.1) is 12.7 Å². The largest absolute Gasteiger partial charge is 0.507 e. The van der Waals surface area contributed by atoms with Crippen LogP contribution in [0.4, 0.5) is 0 Å². The van der Waals surface area contributed by atoms with E-state index in [1.165, 1.54) is 13.2 Å². The van der Waals surface area contributed by atoms with Gasteiger partial charge in [0.2, 0.25) is 0 Å². The molecule has 2 atom stereocenters. The second kappa shape index (κ2) is 5.51. The van der Waals surface area contributed by atoms with E-state index in [0.29, 0.717) is 23.1 Å². The number of rotatable bonds is 2. The zero-order valence-electron chi connectivity index (χ0n) is 11.7. The Morgan fingerprint density at radius 3 is 2.68 bits per heavy atom. The molecular formula is C15H21NO3. The van der Waals surface area contributed by atoms with Gasteiger partial charge in [-0.25, -0.2) is 0 Å². The lowest BCUT2D eigenvalue weighted by atomic mass is 9.88. The molecule has 0 saturated carbocycles. The SMILES string of the molecule is COc1ccc(C(=O)N2CCC(C)C(C)C2)c(O)c1. The van der Waals surface area contributed by atoms with Gasteiger partial charge in [-0.1, -0.05) is 13.8 Å². The van der Waals surface area contributed by atoms with Crippen LogP contribution in [0.5, 0.6) is 11.5 Å². The summed E-state index contributed by atoms with van der Waals surface area (Å²) in [6.45, 7) is 5.90.